The van der Waals surface area contributed by atoms with Gasteiger partial charge in [-0.3, -0.25) is 9.59 Å². The van der Waals surface area contributed by atoms with Gasteiger partial charge in [0.2, 0.25) is 11.8 Å². The van der Waals surface area contributed by atoms with Crippen LogP contribution < -0.4 is 5.32 Å². The van der Waals surface area contributed by atoms with Crippen LogP contribution >= 0.6 is 27.7 Å². The molecule has 3 rings (SSSR count). The van der Waals surface area contributed by atoms with E-state index in [2.05, 4.69) is 21.2 Å². The minimum atomic E-state index is -0.581. The van der Waals surface area contributed by atoms with Crippen molar-refractivity contribution in [1.29, 1.82) is 0 Å². The summed E-state index contributed by atoms with van der Waals surface area (Å²) in [6.07, 6.45) is 1.68. The zero-order chi connectivity index (χ0) is 24.2. The van der Waals surface area contributed by atoms with Crippen molar-refractivity contribution >= 4 is 39.5 Å². The molecule has 0 saturated carbocycles. The quantitative estimate of drug-likeness (QED) is 0.283. The van der Waals surface area contributed by atoms with Crippen molar-refractivity contribution in [2.75, 3.05) is 12.3 Å². The largest absolute Gasteiger partial charge is 0.354 e. The molecule has 178 valence electrons. The van der Waals surface area contributed by atoms with Gasteiger partial charge in [-0.1, -0.05) is 83.5 Å². The van der Waals surface area contributed by atoms with Crippen molar-refractivity contribution in [2.24, 2.45) is 0 Å². The molecule has 0 aliphatic heterocycles. The zero-order valence-corrected chi connectivity index (χ0v) is 21.9. The molecule has 0 aromatic heterocycles. The molecule has 2 amide bonds. The fourth-order valence-corrected chi connectivity index (χ4v) is 4.98. The Kier molecular flexibility index (Phi) is 10.7. The molecule has 0 spiro atoms. The maximum Gasteiger partial charge on any atom is 0.243 e. The highest BCUT2D eigenvalue weighted by Crippen LogP contribution is 2.21. The zero-order valence-electron chi connectivity index (χ0n) is 19.5. The molecular weight excluding hydrogens is 508 g/mol. The number of nitrogens with one attached hydrogen (secondary N) is 1. The van der Waals surface area contributed by atoms with Crippen molar-refractivity contribution in [1.82, 2.24) is 10.2 Å². The third kappa shape index (κ3) is 8.33. The third-order valence-electron chi connectivity index (χ3n) is 5.39. The number of carbonyl (C=O) groups excluding carboxylic acids is 2. The van der Waals surface area contributed by atoms with Crippen molar-refractivity contribution in [3.8, 4) is 0 Å². The third-order valence-corrected chi connectivity index (χ3v) is 6.90. The summed E-state index contributed by atoms with van der Waals surface area (Å²) in [6.45, 7) is 3.00. The van der Waals surface area contributed by atoms with E-state index in [1.54, 1.807) is 16.7 Å². The summed E-state index contributed by atoms with van der Waals surface area (Å²) in [7, 11) is 0. The van der Waals surface area contributed by atoms with Gasteiger partial charge in [-0.2, -0.15) is 0 Å². The summed E-state index contributed by atoms with van der Waals surface area (Å²) in [6, 6.07) is 27.3. The highest BCUT2D eigenvalue weighted by atomic mass is 79.9. The molecule has 0 saturated heterocycles. The Balaban J connectivity index is 1.83. The van der Waals surface area contributed by atoms with Crippen LogP contribution in [0.25, 0.3) is 0 Å². The van der Waals surface area contributed by atoms with Gasteiger partial charge in [0.05, 0.1) is 0 Å². The Morgan fingerprint density at radius 2 is 1.62 bits per heavy atom. The Labute approximate surface area is 215 Å². The second-order valence-corrected chi connectivity index (χ2v) is 10.1. The lowest BCUT2D eigenvalue weighted by molar-refractivity contribution is -0.141. The Morgan fingerprint density at radius 3 is 2.29 bits per heavy atom. The van der Waals surface area contributed by atoms with Crippen LogP contribution in [-0.4, -0.2) is 35.1 Å². The first-order chi connectivity index (χ1) is 16.6. The Morgan fingerprint density at radius 1 is 0.941 bits per heavy atom. The fourth-order valence-electron chi connectivity index (χ4n) is 3.67. The van der Waals surface area contributed by atoms with E-state index in [0.717, 1.165) is 26.9 Å². The smallest absolute Gasteiger partial charge is 0.243 e. The highest BCUT2D eigenvalue weighted by Gasteiger charge is 2.30. The van der Waals surface area contributed by atoms with E-state index in [-0.39, 0.29) is 11.8 Å². The first-order valence-corrected chi connectivity index (χ1v) is 13.4. The molecule has 0 bridgehead atoms. The average molecular weight is 540 g/mol. The van der Waals surface area contributed by atoms with Gasteiger partial charge >= 0.3 is 0 Å². The predicted molar refractivity (Wildman–Crippen MR) is 144 cm³/mol. The van der Waals surface area contributed by atoms with Crippen molar-refractivity contribution in [3.05, 3.63) is 101 Å². The van der Waals surface area contributed by atoms with Crippen LogP contribution in [0.3, 0.4) is 0 Å². The summed E-state index contributed by atoms with van der Waals surface area (Å²) in [5.74, 6) is 0.535. The molecule has 0 aliphatic carbocycles. The number of benzene rings is 3. The number of amides is 2. The molecule has 0 radical (unpaired) electrons. The van der Waals surface area contributed by atoms with Gasteiger partial charge in [0.15, 0.2) is 0 Å². The number of rotatable bonds is 12. The SMILES string of the molecule is CCCNC(=O)C(Cc1ccccc1)N(Cc1cccc(Br)c1)C(=O)CCSc1ccccc1. The molecule has 1 unspecified atom stereocenters. The van der Waals surface area contributed by atoms with E-state index in [1.807, 2.05) is 91.9 Å². The monoisotopic (exact) mass is 538 g/mol. The van der Waals surface area contributed by atoms with Gasteiger partial charge in [0.1, 0.15) is 6.04 Å². The lowest BCUT2D eigenvalue weighted by atomic mass is 10.0. The van der Waals surface area contributed by atoms with Gasteiger partial charge in [-0.25, -0.2) is 0 Å². The Bertz CT molecular complexity index is 1050. The standard InChI is InChI=1S/C28H31BrN2O2S/c1-2-17-30-28(33)26(20-22-10-5-3-6-11-22)31(21-23-12-9-13-24(29)19-23)27(32)16-18-34-25-14-7-4-8-15-25/h3-15,19,26H,2,16-18,20-21H2,1H3,(H,30,33). The summed E-state index contributed by atoms with van der Waals surface area (Å²) in [5, 5.41) is 3.02. The van der Waals surface area contributed by atoms with Gasteiger partial charge in [-0.15, -0.1) is 11.8 Å². The van der Waals surface area contributed by atoms with Crippen molar-refractivity contribution in [2.45, 2.75) is 43.7 Å². The van der Waals surface area contributed by atoms with E-state index in [1.165, 1.54) is 0 Å². The van der Waals surface area contributed by atoms with E-state index < -0.39 is 6.04 Å². The topological polar surface area (TPSA) is 49.4 Å². The molecule has 34 heavy (non-hydrogen) atoms. The van der Waals surface area contributed by atoms with Crippen LogP contribution in [-0.2, 0) is 22.6 Å². The number of halogens is 1. The van der Waals surface area contributed by atoms with Crippen molar-refractivity contribution in [3.63, 3.8) is 0 Å². The van der Waals surface area contributed by atoms with E-state index in [4.69, 9.17) is 0 Å². The van der Waals surface area contributed by atoms with Gasteiger partial charge in [-0.05, 0) is 41.8 Å². The Hall–Kier alpha value is -2.57. The minimum absolute atomic E-state index is 0.0176. The molecule has 0 aliphatic rings. The minimum Gasteiger partial charge on any atom is -0.354 e. The van der Waals surface area contributed by atoms with Gasteiger partial charge in [0.25, 0.3) is 0 Å². The number of thioether (sulfide) groups is 1. The van der Waals surface area contributed by atoms with Crippen LogP contribution in [0.15, 0.2) is 94.3 Å². The molecule has 0 heterocycles. The van der Waals surface area contributed by atoms with Crippen molar-refractivity contribution < 1.29 is 9.59 Å². The van der Waals surface area contributed by atoms with E-state index in [0.29, 0.717) is 31.7 Å². The summed E-state index contributed by atoms with van der Waals surface area (Å²) < 4.78 is 0.951. The molecular formula is C28H31BrN2O2S. The van der Waals surface area contributed by atoms with E-state index >= 15 is 0 Å². The molecule has 3 aromatic carbocycles. The molecule has 4 nitrogen and oxygen atoms in total. The average Bonchev–Trinajstić information content (AvgIpc) is 2.86. The van der Waals surface area contributed by atoms with Gasteiger partial charge < -0.3 is 10.2 Å². The summed E-state index contributed by atoms with van der Waals surface area (Å²) in [5.41, 5.74) is 2.02. The fraction of sp³-hybridized carbons (Fsp3) is 0.286. The number of carbonyl (C=O) groups is 2. The summed E-state index contributed by atoms with van der Waals surface area (Å²) in [4.78, 5) is 29.7. The highest BCUT2D eigenvalue weighted by molar-refractivity contribution is 9.10. The normalized spacial score (nSPS) is 11.6. The first kappa shape index (κ1) is 26.0. The molecule has 6 heteroatoms. The predicted octanol–water partition coefficient (Wildman–Crippen LogP) is 6.10. The van der Waals surface area contributed by atoms with Gasteiger partial charge in [0, 0.05) is 41.1 Å². The molecule has 1 N–H and O–H groups in total. The van der Waals surface area contributed by atoms with Crippen LogP contribution in [0.5, 0.6) is 0 Å². The molecule has 0 fully saturated rings. The second-order valence-electron chi connectivity index (χ2n) is 8.06. The summed E-state index contributed by atoms with van der Waals surface area (Å²) >= 11 is 5.18. The molecule has 1 atom stereocenters. The van der Waals surface area contributed by atoms with E-state index in [9.17, 15) is 9.59 Å². The maximum atomic E-state index is 13.6. The molecule has 3 aromatic rings. The lowest BCUT2D eigenvalue weighted by Crippen LogP contribution is -2.50. The van der Waals surface area contributed by atoms with Crippen LogP contribution in [0.4, 0.5) is 0 Å². The first-order valence-electron chi connectivity index (χ1n) is 11.6. The van der Waals surface area contributed by atoms with Crippen LogP contribution in [0.2, 0.25) is 0 Å². The van der Waals surface area contributed by atoms with Crippen LogP contribution in [0, 0.1) is 0 Å². The number of hydrogen-bond acceptors (Lipinski definition) is 3. The lowest BCUT2D eigenvalue weighted by Gasteiger charge is -2.31. The maximum absolute atomic E-state index is 13.6. The number of nitrogens with zero attached hydrogens (tertiary/aromatic N) is 1. The van der Waals surface area contributed by atoms with Crippen LogP contribution in [0.1, 0.15) is 30.9 Å². The number of hydrogen-bond donors (Lipinski definition) is 1. The second kappa shape index (κ2) is 14.0.